The molecule has 0 saturated heterocycles. The Labute approximate surface area is 86.3 Å². The molecule has 0 spiro atoms. The van der Waals surface area contributed by atoms with E-state index in [-0.39, 0.29) is 5.54 Å². The Morgan fingerprint density at radius 1 is 1.14 bits per heavy atom. The van der Waals surface area contributed by atoms with Crippen molar-refractivity contribution in [1.29, 1.82) is 0 Å². The molecule has 1 nitrogen and oxygen atoms in total. The van der Waals surface area contributed by atoms with Crippen molar-refractivity contribution in [1.82, 2.24) is 0 Å². The lowest BCUT2D eigenvalue weighted by molar-refractivity contribution is 0.538. The van der Waals surface area contributed by atoms with Gasteiger partial charge >= 0.3 is 0 Å². The molecule has 2 rings (SSSR count). The van der Waals surface area contributed by atoms with Gasteiger partial charge in [0.15, 0.2) is 0 Å². The Balaban J connectivity index is 2.51. The van der Waals surface area contributed by atoms with Crippen molar-refractivity contribution < 1.29 is 0 Å². The highest BCUT2D eigenvalue weighted by atomic mass is 14.7. The predicted octanol–water partition coefficient (Wildman–Crippen LogP) is 2.76. The first-order chi connectivity index (χ1) is 6.59. The summed E-state index contributed by atoms with van der Waals surface area (Å²) in [5.41, 5.74) is 10.4. The van der Waals surface area contributed by atoms with Crippen molar-refractivity contribution in [2.45, 2.75) is 45.1 Å². The molecule has 1 aromatic rings. The van der Waals surface area contributed by atoms with E-state index in [1.807, 2.05) is 0 Å². The van der Waals surface area contributed by atoms with Gasteiger partial charge in [-0.15, -0.1) is 0 Å². The number of nitrogens with two attached hydrogens (primary N) is 1. The maximum absolute atomic E-state index is 6.18. The van der Waals surface area contributed by atoms with Crippen LogP contribution in [0.25, 0.3) is 0 Å². The lowest BCUT2D eigenvalue weighted by Gasteiger charge is -2.27. The fourth-order valence-electron chi connectivity index (χ4n) is 2.38. The topological polar surface area (TPSA) is 26.0 Å². The van der Waals surface area contributed by atoms with Crippen LogP contribution in [0.2, 0.25) is 0 Å². The van der Waals surface area contributed by atoms with E-state index in [1.165, 1.54) is 42.4 Å². The molecule has 1 heteroatoms. The largest absolute Gasteiger partial charge is 0.322 e. The van der Waals surface area contributed by atoms with Crippen LogP contribution >= 0.6 is 0 Å². The van der Waals surface area contributed by atoms with Crippen LogP contribution in [0, 0.1) is 0 Å². The monoisotopic (exact) mass is 189 g/mol. The number of fused-ring (bicyclic) bond motifs is 1. The van der Waals surface area contributed by atoms with Gasteiger partial charge in [-0.3, -0.25) is 0 Å². The highest BCUT2D eigenvalue weighted by Gasteiger charge is 2.21. The standard InChI is InChI=1S/C13H19N/c1-13(2,14)12-9-5-7-10-6-3-4-8-11(10)12/h5,7,9H,3-4,6,8,14H2,1-2H3. The van der Waals surface area contributed by atoms with Gasteiger partial charge in [0, 0.05) is 5.54 Å². The van der Waals surface area contributed by atoms with Crippen LogP contribution in [0.15, 0.2) is 18.2 Å². The van der Waals surface area contributed by atoms with Crippen LogP contribution in [0.4, 0.5) is 0 Å². The molecular formula is C13H19N. The zero-order valence-corrected chi connectivity index (χ0v) is 9.14. The molecule has 0 saturated carbocycles. The van der Waals surface area contributed by atoms with Crippen molar-refractivity contribution in [3.05, 3.63) is 34.9 Å². The molecule has 0 aliphatic heterocycles. The van der Waals surface area contributed by atoms with Gasteiger partial charge in [0.25, 0.3) is 0 Å². The van der Waals surface area contributed by atoms with Crippen molar-refractivity contribution in [3.63, 3.8) is 0 Å². The summed E-state index contributed by atoms with van der Waals surface area (Å²) in [4.78, 5) is 0. The van der Waals surface area contributed by atoms with Gasteiger partial charge in [0.1, 0.15) is 0 Å². The molecular weight excluding hydrogens is 170 g/mol. The van der Waals surface area contributed by atoms with E-state index in [1.54, 1.807) is 0 Å². The first-order valence-electron chi connectivity index (χ1n) is 5.49. The lowest BCUT2D eigenvalue weighted by atomic mass is 9.82. The molecule has 2 N–H and O–H groups in total. The van der Waals surface area contributed by atoms with E-state index in [4.69, 9.17) is 5.73 Å². The molecule has 0 radical (unpaired) electrons. The van der Waals surface area contributed by atoms with Crippen LogP contribution in [0.3, 0.4) is 0 Å². The Hall–Kier alpha value is -0.820. The highest BCUT2D eigenvalue weighted by molar-refractivity contribution is 5.40. The van der Waals surface area contributed by atoms with Gasteiger partial charge in [-0.2, -0.15) is 0 Å². The van der Waals surface area contributed by atoms with Crippen molar-refractivity contribution in [3.8, 4) is 0 Å². The van der Waals surface area contributed by atoms with E-state index in [0.29, 0.717) is 0 Å². The van der Waals surface area contributed by atoms with Crippen LogP contribution in [-0.2, 0) is 18.4 Å². The summed E-state index contributed by atoms with van der Waals surface area (Å²) in [6.45, 7) is 4.19. The van der Waals surface area contributed by atoms with Crippen LogP contribution in [-0.4, -0.2) is 0 Å². The summed E-state index contributed by atoms with van der Waals surface area (Å²) < 4.78 is 0. The molecule has 0 heterocycles. The summed E-state index contributed by atoms with van der Waals surface area (Å²) in [7, 11) is 0. The van der Waals surface area contributed by atoms with Crippen LogP contribution in [0.5, 0.6) is 0 Å². The molecule has 0 unspecified atom stereocenters. The fourth-order valence-corrected chi connectivity index (χ4v) is 2.38. The Morgan fingerprint density at radius 3 is 2.57 bits per heavy atom. The second-order valence-corrected chi connectivity index (χ2v) is 4.87. The van der Waals surface area contributed by atoms with Gasteiger partial charge in [0.05, 0.1) is 0 Å². The van der Waals surface area contributed by atoms with E-state index >= 15 is 0 Å². The Kier molecular flexibility index (Phi) is 2.36. The highest BCUT2D eigenvalue weighted by Crippen LogP contribution is 2.29. The Morgan fingerprint density at radius 2 is 1.86 bits per heavy atom. The smallest absolute Gasteiger partial charge is 0.0355 e. The molecule has 1 aromatic carbocycles. The third-order valence-electron chi connectivity index (χ3n) is 3.09. The molecule has 76 valence electrons. The van der Waals surface area contributed by atoms with Gasteiger partial charge in [-0.1, -0.05) is 18.2 Å². The minimum absolute atomic E-state index is 0.192. The van der Waals surface area contributed by atoms with E-state index in [9.17, 15) is 0 Å². The van der Waals surface area contributed by atoms with E-state index in [2.05, 4.69) is 32.0 Å². The van der Waals surface area contributed by atoms with Crippen molar-refractivity contribution in [2.24, 2.45) is 5.73 Å². The lowest BCUT2D eigenvalue weighted by Crippen LogP contribution is -2.31. The second kappa shape index (κ2) is 3.39. The molecule has 1 aliphatic carbocycles. The number of aryl methyl sites for hydroxylation is 1. The number of hydrogen-bond acceptors (Lipinski definition) is 1. The third kappa shape index (κ3) is 1.69. The molecule has 1 aliphatic rings. The Bertz CT molecular complexity index is 334. The number of benzene rings is 1. The van der Waals surface area contributed by atoms with E-state index < -0.39 is 0 Å². The molecule has 0 atom stereocenters. The average molecular weight is 189 g/mol. The van der Waals surface area contributed by atoms with Crippen LogP contribution in [0.1, 0.15) is 43.4 Å². The van der Waals surface area contributed by atoms with Gasteiger partial charge < -0.3 is 5.73 Å². The summed E-state index contributed by atoms with van der Waals surface area (Å²) in [6, 6.07) is 6.59. The van der Waals surface area contributed by atoms with Gasteiger partial charge in [-0.25, -0.2) is 0 Å². The van der Waals surface area contributed by atoms with Crippen molar-refractivity contribution >= 4 is 0 Å². The zero-order chi connectivity index (χ0) is 10.2. The molecule has 0 amide bonds. The normalized spacial score (nSPS) is 16.5. The number of hydrogen-bond donors (Lipinski definition) is 1. The predicted molar refractivity (Wildman–Crippen MR) is 60.3 cm³/mol. The molecule has 14 heavy (non-hydrogen) atoms. The summed E-state index contributed by atoms with van der Waals surface area (Å²) in [5.74, 6) is 0. The van der Waals surface area contributed by atoms with Crippen LogP contribution < -0.4 is 5.73 Å². The molecule has 0 aromatic heterocycles. The maximum atomic E-state index is 6.18. The maximum Gasteiger partial charge on any atom is 0.0355 e. The fraction of sp³-hybridized carbons (Fsp3) is 0.538. The van der Waals surface area contributed by atoms with Gasteiger partial charge in [0.2, 0.25) is 0 Å². The van der Waals surface area contributed by atoms with E-state index in [0.717, 1.165) is 0 Å². The van der Waals surface area contributed by atoms with Crippen molar-refractivity contribution in [2.75, 3.05) is 0 Å². The average Bonchev–Trinajstić information content (AvgIpc) is 2.15. The number of rotatable bonds is 1. The van der Waals surface area contributed by atoms with Gasteiger partial charge in [-0.05, 0) is 56.2 Å². The third-order valence-corrected chi connectivity index (χ3v) is 3.09. The minimum Gasteiger partial charge on any atom is -0.322 e. The molecule has 0 fully saturated rings. The quantitative estimate of drug-likeness (QED) is 0.722. The summed E-state index contributed by atoms with van der Waals surface area (Å²) in [6.07, 6.45) is 5.10. The first-order valence-corrected chi connectivity index (χ1v) is 5.49. The second-order valence-electron chi connectivity index (χ2n) is 4.87. The molecule has 0 bridgehead atoms. The summed E-state index contributed by atoms with van der Waals surface area (Å²) >= 11 is 0. The zero-order valence-electron chi connectivity index (χ0n) is 9.14. The first kappa shape index (κ1) is 9.72. The summed E-state index contributed by atoms with van der Waals surface area (Å²) in [5, 5.41) is 0. The SMILES string of the molecule is CC(C)(N)c1cccc2c1CCCC2. The minimum atomic E-state index is -0.192.